The average molecular weight is 328 g/mol. The Kier molecular flexibility index (Phi) is 3.79. The molecule has 0 saturated heterocycles. The first-order valence-corrected chi connectivity index (χ1v) is 7.47. The Labute approximate surface area is 124 Å². The maximum Gasteiger partial charge on any atom is 0.332 e. The van der Waals surface area contributed by atoms with Crippen molar-refractivity contribution in [1.29, 1.82) is 0 Å². The summed E-state index contributed by atoms with van der Waals surface area (Å²) in [5, 5.41) is 0. The minimum atomic E-state index is -4.34. The number of nitrogens with two attached hydrogens (primary N) is 1. The Hall–Kier alpha value is -2.62. The summed E-state index contributed by atoms with van der Waals surface area (Å²) in [4.78, 5) is 23.0. The van der Waals surface area contributed by atoms with Gasteiger partial charge >= 0.3 is 5.69 Å². The Morgan fingerprint density at radius 3 is 2.18 bits per heavy atom. The number of hydrogen-bond donors (Lipinski definition) is 2. The molecule has 118 valence electrons. The van der Waals surface area contributed by atoms with Crippen LogP contribution < -0.4 is 21.7 Å². The van der Waals surface area contributed by atoms with E-state index in [1.54, 1.807) is 0 Å². The van der Waals surface area contributed by atoms with Gasteiger partial charge in [0.05, 0.1) is 0 Å². The molecule has 0 aliphatic heterocycles. The zero-order valence-corrected chi connectivity index (χ0v) is 12.5. The Balaban J connectivity index is 2.62. The molecule has 10 heteroatoms. The lowest BCUT2D eigenvalue weighted by Gasteiger charge is -2.13. The molecule has 0 saturated carbocycles. The van der Waals surface area contributed by atoms with Crippen molar-refractivity contribution < 1.29 is 12.8 Å². The lowest BCUT2D eigenvalue weighted by atomic mass is 10.3. The van der Waals surface area contributed by atoms with Gasteiger partial charge in [0.25, 0.3) is 15.6 Å². The van der Waals surface area contributed by atoms with Gasteiger partial charge < -0.3 is 5.73 Å². The van der Waals surface area contributed by atoms with Crippen molar-refractivity contribution in [3.05, 3.63) is 50.9 Å². The van der Waals surface area contributed by atoms with Crippen LogP contribution in [0.25, 0.3) is 0 Å². The van der Waals surface area contributed by atoms with Gasteiger partial charge in [-0.25, -0.2) is 17.6 Å². The highest BCUT2D eigenvalue weighted by Gasteiger charge is 2.26. The van der Waals surface area contributed by atoms with E-state index in [4.69, 9.17) is 5.73 Å². The number of nitrogen functional groups attached to an aromatic ring is 1. The molecule has 1 heterocycles. The quantitative estimate of drug-likeness (QED) is 0.796. The fraction of sp³-hybridized carbons (Fsp3) is 0.167. The fourth-order valence-electron chi connectivity index (χ4n) is 1.81. The first kappa shape index (κ1) is 15.8. The molecule has 2 aromatic rings. The maximum atomic E-state index is 12.8. The van der Waals surface area contributed by atoms with E-state index in [-0.39, 0.29) is 5.69 Å². The lowest BCUT2D eigenvalue weighted by molar-refractivity contribution is 0.591. The van der Waals surface area contributed by atoms with Crippen LogP contribution in [-0.2, 0) is 24.1 Å². The van der Waals surface area contributed by atoms with E-state index in [2.05, 4.69) is 4.72 Å². The van der Waals surface area contributed by atoms with Crippen molar-refractivity contribution in [2.45, 2.75) is 4.90 Å². The minimum absolute atomic E-state index is 0.0525. The highest BCUT2D eigenvalue weighted by Crippen LogP contribution is 2.17. The first-order chi connectivity index (χ1) is 10.1. The molecule has 1 aromatic heterocycles. The standard InChI is InChI=1S/C12H13FN4O4S/c1-16-10(14)9(11(18)17(2)12(16)19)22(20,21)15-8-5-3-7(13)4-6-8/h3-6,15H,14H2,1-2H3. The number of nitrogens with one attached hydrogen (secondary N) is 1. The van der Waals surface area contributed by atoms with Gasteiger partial charge in [-0.05, 0) is 24.3 Å². The third kappa shape index (κ3) is 2.60. The molecule has 0 fully saturated rings. The van der Waals surface area contributed by atoms with E-state index in [0.29, 0.717) is 4.57 Å². The van der Waals surface area contributed by atoms with Gasteiger partial charge in [0.1, 0.15) is 11.6 Å². The second-order valence-corrected chi connectivity index (χ2v) is 6.15. The van der Waals surface area contributed by atoms with Gasteiger partial charge in [0.15, 0.2) is 4.90 Å². The molecule has 8 nitrogen and oxygen atoms in total. The summed E-state index contributed by atoms with van der Waals surface area (Å²) in [6.07, 6.45) is 0. The molecule has 1 aromatic carbocycles. The first-order valence-electron chi connectivity index (χ1n) is 5.99. The molecule has 0 bridgehead atoms. The van der Waals surface area contributed by atoms with Gasteiger partial charge in [0.2, 0.25) is 0 Å². The predicted octanol–water partition coefficient (Wildman–Crippen LogP) is -0.394. The van der Waals surface area contributed by atoms with Crippen LogP contribution in [0.3, 0.4) is 0 Å². The molecule has 0 atom stereocenters. The summed E-state index contributed by atoms with van der Waals surface area (Å²) in [7, 11) is -1.96. The predicted molar refractivity (Wildman–Crippen MR) is 78.5 cm³/mol. The van der Waals surface area contributed by atoms with Crippen LogP contribution in [0.4, 0.5) is 15.9 Å². The van der Waals surface area contributed by atoms with Crippen LogP contribution in [0.15, 0.2) is 38.8 Å². The molecule has 0 radical (unpaired) electrons. The van der Waals surface area contributed by atoms with E-state index in [0.717, 1.165) is 23.7 Å². The summed E-state index contributed by atoms with van der Waals surface area (Å²) >= 11 is 0. The van der Waals surface area contributed by atoms with Gasteiger partial charge in [-0.1, -0.05) is 0 Å². The van der Waals surface area contributed by atoms with E-state index >= 15 is 0 Å². The number of halogens is 1. The third-order valence-corrected chi connectivity index (χ3v) is 4.46. The summed E-state index contributed by atoms with van der Waals surface area (Å²) < 4.78 is 41.1. The minimum Gasteiger partial charge on any atom is -0.384 e. The van der Waals surface area contributed by atoms with Crippen LogP contribution in [0.1, 0.15) is 0 Å². The van der Waals surface area contributed by atoms with E-state index in [1.165, 1.54) is 19.2 Å². The molecular formula is C12H13FN4O4S. The molecule has 22 heavy (non-hydrogen) atoms. The zero-order valence-electron chi connectivity index (χ0n) is 11.7. The van der Waals surface area contributed by atoms with Crippen molar-refractivity contribution in [1.82, 2.24) is 9.13 Å². The zero-order chi connectivity index (χ0) is 16.7. The molecule has 3 N–H and O–H groups in total. The Morgan fingerprint density at radius 1 is 1.09 bits per heavy atom. The number of sulfonamides is 1. The van der Waals surface area contributed by atoms with Crippen LogP contribution in [-0.4, -0.2) is 17.6 Å². The molecule has 2 rings (SSSR count). The second-order valence-electron chi connectivity index (χ2n) is 4.53. The lowest BCUT2D eigenvalue weighted by Crippen LogP contribution is -2.42. The van der Waals surface area contributed by atoms with Crippen LogP contribution >= 0.6 is 0 Å². The van der Waals surface area contributed by atoms with Crippen molar-refractivity contribution in [2.75, 3.05) is 10.5 Å². The highest BCUT2D eigenvalue weighted by atomic mass is 32.2. The van der Waals surface area contributed by atoms with Crippen molar-refractivity contribution >= 4 is 21.5 Å². The fourth-order valence-corrected chi connectivity index (χ4v) is 3.13. The van der Waals surface area contributed by atoms with Gasteiger partial charge in [0, 0.05) is 19.8 Å². The maximum absolute atomic E-state index is 12.8. The smallest absolute Gasteiger partial charge is 0.332 e. The van der Waals surface area contributed by atoms with Gasteiger partial charge in [-0.3, -0.25) is 18.7 Å². The number of rotatable bonds is 3. The monoisotopic (exact) mass is 328 g/mol. The third-order valence-electron chi connectivity index (χ3n) is 3.03. The van der Waals surface area contributed by atoms with Crippen molar-refractivity contribution in [3.8, 4) is 0 Å². The van der Waals surface area contributed by atoms with E-state index in [9.17, 15) is 22.4 Å². The molecule has 0 aliphatic carbocycles. The summed E-state index contributed by atoms with van der Waals surface area (Å²) in [5.41, 5.74) is 3.85. The molecule has 0 aliphatic rings. The normalized spacial score (nSPS) is 11.4. The topological polar surface area (TPSA) is 116 Å². The van der Waals surface area contributed by atoms with Crippen LogP contribution in [0, 0.1) is 5.82 Å². The highest BCUT2D eigenvalue weighted by molar-refractivity contribution is 7.92. The molecule has 0 amide bonds. The number of aromatic nitrogens is 2. The number of nitrogens with zero attached hydrogens (tertiary/aromatic N) is 2. The summed E-state index contributed by atoms with van der Waals surface area (Å²) in [6, 6.07) is 4.49. The van der Waals surface area contributed by atoms with Crippen LogP contribution in [0.5, 0.6) is 0 Å². The molecular weight excluding hydrogens is 315 g/mol. The van der Waals surface area contributed by atoms with Crippen molar-refractivity contribution in [3.63, 3.8) is 0 Å². The number of anilines is 2. The number of hydrogen-bond acceptors (Lipinski definition) is 5. The Bertz CT molecular complexity index is 945. The SMILES string of the molecule is Cn1c(N)c(S(=O)(=O)Nc2ccc(F)cc2)c(=O)n(C)c1=O. The molecule has 0 spiro atoms. The number of benzene rings is 1. The van der Waals surface area contributed by atoms with Crippen LogP contribution in [0.2, 0.25) is 0 Å². The Morgan fingerprint density at radius 2 is 1.64 bits per heavy atom. The largest absolute Gasteiger partial charge is 0.384 e. The van der Waals surface area contributed by atoms with Gasteiger partial charge in [-0.15, -0.1) is 0 Å². The van der Waals surface area contributed by atoms with Crippen molar-refractivity contribution in [2.24, 2.45) is 14.1 Å². The van der Waals surface area contributed by atoms with E-state index < -0.39 is 37.8 Å². The second kappa shape index (κ2) is 5.30. The molecule has 0 unspecified atom stereocenters. The average Bonchev–Trinajstić information content (AvgIpc) is 2.45. The van der Waals surface area contributed by atoms with Gasteiger partial charge in [-0.2, -0.15) is 0 Å². The summed E-state index contributed by atoms with van der Waals surface area (Å²) in [6.45, 7) is 0. The van der Waals surface area contributed by atoms with E-state index in [1.807, 2.05) is 0 Å². The summed E-state index contributed by atoms with van der Waals surface area (Å²) in [5.74, 6) is -1.02.